The lowest BCUT2D eigenvalue weighted by molar-refractivity contribution is -0.127. The minimum atomic E-state index is -1.49. The van der Waals surface area contributed by atoms with Crippen molar-refractivity contribution < 1.29 is 14.3 Å². The standard InChI is InChI=1S/C15H18O3Si/c1-15(2)17-12-8-6-7-11(9-10-19(3,4)5)13(12)14(16)18-15/h6-8H,1-5H3. The van der Waals surface area contributed by atoms with E-state index in [0.29, 0.717) is 16.9 Å². The summed E-state index contributed by atoms with van der Waals surface area (Å²) in [6.45, 7) is 9.91. The molecule has 1 aromatic rings. The second-order valence-electron chi connectivity index (χ2n) is 6.07. The molecule has 0 saturated heterocycles. The third-order valence-corrected chi connectivity index (χ3v) is 3.37. The summed E-state index contributed by atoms with van der Waals surface area (Å²) >= 11 is 0. The molecule has 0 bridgehead atoms. The topological polar surface area (TPSA) is 35.5 Å². The van der Waals surface area contributed by atoms with Gasteiger partial charge < -0.3 is 9.47 Å². The molecule has 0 fully saturated rings. The second kappa shape index (κ2) is 4.43. The van der Waals surface area contributed by atoms with Crippen LogP contribution in [0.2, 0.25) is 19.6 Å². The smallest absolute Gasteiger partial charge is 0.346 e. The van der Waals surface area contributed by atoms with Crippen LogP contribution in [0.15, 0.2) is 18.2 Å². The molecule has 2 rings (SSSR count). The lowest BCUT2D eigenvalue weighted by Crippen LogP contribution is -2.39. The van der Waals surface area contributed by atoms with Crippen LogP contribution in [-0.2, 0) is 4.74 Å². The normalized spacial score (nSPS) is 16.6. The lowest BCUT2D eigenvalue weighted by Gasteiger charge is -2.32. The summed E-state index contributed by atoms with van der Waals surface area (Å²) in [4.78, 5) is 12.1. The third kappa shape index (κ3) is 3.18. The van der Waals surface area contributed by atoms with Gasteiger partial charge in [-0.05, 0) is 12.1 Å². The molecule has 19 heavy (non-hydrogen) atoms. The van der Waals surface area contributed by atoms with Gasteiger partial charge >= 0.3 is 5.97 Å². The van der Waals surface area contributed by atoms with Crippen molar-refractivity contribution in [2.75, 3.05) is 0 Å². The maximum absolute atomic E-state index is 12.1. The lowest BCUT2D eigenvalue weighted by atomic mass is 10.1. The number of benzene rings is 1. The summed E-state index contributed by atoms with van der Waals surface area (Å²) in [6.07, 6.45) is 0. The van der Waals surface area contributed by atoms with Gasteiger partial charge in [0.2, 0.25) is 5.79 Å². The van der Waals surface area contributed by atoms with Crippen molar-refractivity contribution >= 4 is 14.0 Å². The first kappa shape index (κ1) is 13.7. The minimum Gasteiger partial charge on any atom is -0.452 e. The van der Waals surface area contributed by atoms with E-state index in [1.54, 1.807) is 19.9 Å². The summed E-state index contributed by atoms with van der Waals surface area (Å²) < 4.78 is 10.9. The summed E-state index contributed by atoms with van der Waals surface area (Å²) in [5.41, 5.74) is 4.37. The molecule has 0 N–H and O–H groups in total. The molecule has 0 saturated carbocycles. The molecule has 0 aromatic heterocycles. The molecule has 1 aromatic carbocycles. The Kier molecular flexibility index (Phi) is 3.19. The van der Waals surface area contributed by atoms with Gasteiger partial charge in [-0.15, -0.1) is 5.54 Å². The maximum atomic E-state index is 12.1. The van der Waals surface area contributed by atoms with Crippen LogP contribution in [-0.4, -0.2) is 19.8 Å². The van der Waals surface area contributed by atoms with Crippen molar-refractivity contribution in [1.82, 2.24) is 0 Å². The van der Waals surface area contributed by atoms with Crippen molar-refractivity contribution in [1.29, 1.82) is 0 Å². The second-order valence-corrected chi connectivity index (χ2v) is 10.8. The predicted molar refractivity (Wildman–Crippen MR) is 76.8 cm³/mol. The number of cyclic esters (lactones) is 1. The van der Waals surface area contributed by atoms with E-state index in [1.807, 2.05) is 12.1 Å². The molecule has 1 aliphatic rings. The molecule has 0 unspecified atom stereocenters. The number of ether oxygens (including phenoxy) is 2. The van der Waals surface area contributed by atoms with E-state index in [2.05, 4.69) is 31.1 Å². The largest absolute Gasteiger partial charge is 0.452 e. The van der Waals surface area contributed by atoms with Gasteiger partial charge in [0.25, 0.3) is 0 Å². The highest BCUT2D eigenvalue weighted by molar-refractivity contribution is 6.83. The fourth-order valence-corrected chi connectivity index (χ4v) is 2.26. The van der Waals surface area contributed by atoms with Crippen LogP contribution in [0.4, 0.5) is 0 Å². The Morgan fingerprint density at radius 3 is 2.47 bits per heavy atom. The highest BCUT2D eigenvalue weighted by atomic mass is 28.3. The zero-order chi connectivity index (χ0) is 14.3. The number of carbonyl (C=O) groups is 1. The Bertz CT molecular complexity index is 586. The van der Waals surface area contributed by atoms with Crippen LogP contribution in [0.3, 0.4) is 0 Å². The van der Waals surface area contributed by atoms with E-state index in [9.17, 15) is 4.79 Å². The van der Waals surface area contributed by atoms with Crippen LogP contribution < -0.4 is 4.74 Å². The molecule has 0 amide bonds. The Morgan fingerprint density at radius 1 is 1.16 bits per heavy atom. The van der Waals surface area contributed by atoms with Gasteiger partial charge in [-0.1, -0.05) is 31.6 Å². The Balaban J connectivity index is 2.50. The summed E-state index contributed by atoms with van der Waals surface area (Å²) in [6, 6.07) is 5.45. The molecular weight excluding hydrogens is 256 g/mol. The zero-order valence-corrected chi connectivity index (χ0v) is 13.0. The molecule has 0 spiro atoms. The van der Waals surface area contributed by atoms with E-state index in [1.165, 1.54) is 0 Å². The van der Waals surface area contributed by atoms with Crippen LogP contribution >= 0.6 is 0 Å². The minimum absolute atomic E-state index is 0.369. The number of rotatable bonds is 0. The van der Waals surface area contributed by atoms with Crippen molar-refractivity contribution in [3.63, 3.8) is 0 Å². The summed E-state index contributed by atoms with van der Waals surface area (Å²) in [7, 11) is -1.49. The van der Waals surface area contributed by atoms with E-state index in [0.717, 1.165) is 0 Å². The molecule has 4 heteroatoms. The van der Waals surface area contributed by atoms with Crippen LogP contribution in [0.5, 0.6) is 5.75 Å². The van der Waals surface area contributed by atoms with Gasteiger partial charge in [0, 0.05) is 19.4 Å². The predicted octanol–water partition coefficient (Wildman–Crippen LogP) is 3.20. The molecule has 1 aliphatic heterocycles. The van der Waals surface area contributed by atoms with E-state index in [4.69, 9.17) is 9.47 Å². The highest BCUT2D eigenvalue weighted by Crippen LogP contribution is 2.32. The molecule has 1 heterocycles. The monoisotopic (exact) mass is 274 g/mol. The number of hydrogen-bond donors (Lipinski definition) is 0. The van der Waals surface area contributed by atoms with Gasteiger partial charge in [0.15, 0.2) is 0 Å². The van der Waals surface area contributed by atoms with Crippen LogP contribution in [0.1, 0.15) is 29.8 Å². The van der Waals surface area contributed by atoms with Crippen LogP contribution in [0, 0.1) is 11.5 Å². The zero-order valence-electron chi connectivity index (χ0n) is 12.0. The number of fused-ring (bicyclic) bond motifs is 1. The summed E-state index contributed by atoms with van der Waals surface area (Å²) in [5.74, 6) is 2.36. The fraction of sp³-hybridized carbons (Fsp3) is 0.400. The van der Waals surface area contributed by atoms with Crippen LogP contribution in [0.25, 0.3) is 0 Å². The van der Waals surface area contributed by atoms with Gasteiger partial charge in [-0.25, -0.2) is 4.79 Å². The van der Waals surface area contributed by atoms with E-state index < -0.39 is 13.9 Å². The van der Waals surface area contributed by atoms with Crippen molar-refractivity contribution in [3.05, 3.63) is 29.3 Å². The van der Waals surface area contributed by atoms with Crippen molar-refractivity contribution in [3.8, 4) is 17.2 Å². The number of esters is 1. The number of carbonyl (C=O) groups excluding carboxylic acids is 1. The van der Waals surface area contributed by atoms with E-state index >= 15 is 0 Å². The third-order valence-electron chi connectivity index (χ3n) is 2.50. The molecule has 100 valence electrons. The average Bonchev–Trinajstić information content (AvgIpc) is 2.22. The maximum Gasteiger partial charge on any atom is 0.346 e. The quantitative estimate of drug-likeness (QED) is 0.414. The molecular formula is C15H18O3Si. The Labute approximate surface area is 114 Å². The van der Waals surface area contributed by atoms with Crippen molar-refractivity contribution in [2.45, 2.75) is 39.3 Å². The highest BCUT2D eigenvalue weighted by Gasteiger charge is 2.35. The SMILES string of the molecule is CC1(C)OC(=O)c2c(C#C[Si](C)(C)C)cccc2O1. The molecule has 0 atom stereocenters. The number of hydrogen-bond acceptors (Lipinski definition) is 3. The first-order valence-electron chi connectivity index (χ1n) is 6.26. The van der Waals surface area contributed by atoms with Gasteiger partial charge in [-0.3, -0.25) is 0 Å². The Hall–Kier alpha value is -1.73. The Morgan fingerprint density at radius 2 is 1.84 bits per heavy atom. The first-order valence-corrected chi connectivity index (χ1v) is 9.76. The van der Waals surface area contributed by atoms with Crippen molar-refractivity contribution in [2.24, 2.45) is 0 Å². The average molecular weight is 274 g/mol. The molecule has 3 nitrogen and oxygen atoms in total. The molecule has 0 aliphatic carbocycles. The van der Waals surface area contributed by atoms with E-state index in [-0.39, 0.29) is 5.97 Å². The van der Waals surface area contributed by atoms with Gasteiger partial charge in [-0.2, -0.15) is 0 Å². The van der Waals surface area contributed by atoms with Gasteiger partial charge in [0.1, 0.15) is 19.4 Å². The first-order chi connectivity index (χ1) is 8.68. The fourth-order valence-electron chi connectivity index (χ4n) is 1.75. The summed E-state index contributed by atoms with van der Waals surface area (Å²) in [5, 5.41) is 0. The molecule has 0 radical (unpaired) electrons. The van der Waals surface area contributed by atoms with Gasteiger partial charge in [0.05, 0.1) is 0 Å².